The van der Waals surface area contributed by atoms with Gasteiger partial charge in [-0.2, -0.15) is 5.10 Å². The fraction of sp³-hybridized carbons (Fsp3) is 0.286. The third-order valence-electron chi connectivity index (χ3n) is 3.39. The van der Waals surface area contributed by atoms with Crippen LogP contribution in [0.4, 0.5) is 11.4 Å². The first-order chi connectivity index (χ1) is 10.1. The maximum atomic E-state index is 11.2. The lowest BCUT2D eigenvalue weighted by Crippen LogP contribution is -2.03. The molecule has 0 fully saturated rings. The lowest BCUT2D eigenvalue weighted by Gasteiger charge is -2.09. The highest BCUT2D eigenvalue weighted by molar-refractivity contribution is 5.85. The summed E-state index contributed by atoms with van der Waals surface area (Å²) in [6.45, 7) is 2.69. The molecule has 2 heterocycles. The number of aromatic amines is 1. The molecule has 21 heavy (non-hydrogen) atoms. The summed E-state index contributed by atoms with van der Waals surface area (Å²) in [7, 11) is 1.90. The van der Waals surface area contributed by atoms with Crippen LogP contribution in [0.25, 0.3) is 11.1 Å². The largest absolute Gasteiger partial charge is 0.417 e. The van der Waals surface area contributed by atoms with Crippen molar-refractivity contribution < 1.29 is 4.42 Å². The summed E-state index contributed by atoms with van der Waals surface area (Å²) in [5.41, 5.74) is 10.5. The van der Waals surface area contributed by atoms with Gasteiger partial charge in [0.15, 0.2) is 5.58 Å². The van der Waals surface area contributed by atoms with Crippen molar-refractivity contribution >= 4 is 22.5 Å². The Morgan fingerprint density at radius 1 is 1.48 bits per heavy atom. The summed E-state index contributed by atoms with van der Waals surface area (Å²) in [6, 6.07) is 3.41. The van der Waals surface area contributed by atoms with Crippen LogP contribution in [0, 0.1) is 0 Å². The van der Waals surface area contributed by atoms with E-state index >= 15 is 0 Å². The van der Waals surface area contributed by atoms with E-state index in [1.165, 1.54) is 0 Å². The van der Waals surface area contributed by atoms with Crippen molar-refractivity contribution in [2.45, 2.75) is 19.9 Å². The number of hydrogen-bond acceptors (Lipinski definition) is 5. The van der Waals surface area contributed by atoms with E-state index in [0.717, 1.165) is 23.4 Å². The Labute approximate surface area is 120 Å². The van der Waals surface area contributed by atoms with Crippen molar-refractivity contribution in [1.29, 1.82) is 0 Å². The van der Waals surface area contributed by atoms with Crippen LogP contribution < -0.4 is 16.8 Å². The number of oxazole rings is 1. The van der Waals surface area contributed by atoms with Crippen molar-refractivity contribution in [1.82, 2.24) is 14.8 Å². The molecule has 0 aliphatic rings. The zero-order chi connectivity index (χ0) is 15.0. The Bertz CT molecular complexity index is 843. The van der Waals surface area contributed by atoms with Gasteiger partial charge in [-0.15, -0.1) is 0 Å². The second kappa shape index (κ2) is 5.01. The molecule has 3 aromatic rings. The second-order valence-corrected chi connectivity index (χ2v) is 4.93. The highest BCUT2D eigenvalue weighted by Gasteiger charge is 2.09. The van der Waals surface area contributed by atoms with Crippen LogP contribution >= 0.6 is 0 Å². The summed E-state index contributed by atoms with van der Waals surface area (Å²) >= 11 is 0. The summed E-state index contributed by atoms with van der Waals surface area (Å²) in [6.07, 6.45) is 2.86. The van der Waals surface area contributed by atoms with E-state index in [9.17, 15) is 4.79 Å². The van der Waals surface area contributed by atoms with Crippen molar-refractivity contribution in [3.63, 3.8) is 0 Å². The lowest BCUT2D eigenvalue weighted by atomic mass is 10.2. The molecule has 0 spiro atoms. The highest BCUT2D eigenvalue weighted by atomic mass is 16.4. The molecule has 4 N–H and O–H groups in total. The number of rotatable bonds is 4. The molecule has 0 aliphatic heterocycles. The average molecular weight is 287 g/mol. The number of fused-ring (bicyclic) bond motifs is 1. The Kier molecular flexibility index (Phi) is 3.17. The minimum atomic E-state index is -0.484. The van der Waals surface area contributed by atoms with Gasteiger partial charge in [-0.25, -0.2) is 4.79 Å². The van der Waals surface area contributed by atoms with Crippen molar-refractivity contribution in [3.8, 4) is 0 Å². The number of nitrogens with two attached hydrogens (primary N) is 1. The molecule has 0 unspecified atom stereocenters. The van der Waals surface area contributed by atoms with E-state index in [2.05, 4.69) is 22.3 Å². The molecule has 0 saturated heterocycles. The molecule has 7 nitrogen and oxygen atoms in total. The Hall–Kier alpha value is -2.70. The predicted octanol–water partition coefficient (Wildman–Crippen LogP) is 1.61. The third kappa shape index (κ3) is 2.49. The van der Waals surface area contributed by atoms with Crippen LogP contribution in [-0.2, 0) is 20.0 Å². The number of nitrogen functional groups attached to an aromatic ring is 1. The summed E-state index contributed by atoms with van der Waals surface area (Å²) in [5, 5.41) is 7.68. The van der Waals surface area contributed by atoms with E-state index in [0.29, 0.717) is 23.3 Å². The van der Waals surface area contributed by atoms with E-state index in [1.54, 1.807) is 16.8 Å². The molecule has 7 heteroatoms. The van der Waals surface area contributed by atoms with Crippen molar-refractivity contribution in [2.75, 3.05) is 11.1 Å². The van der Waals surface area contributed by atoms with Crippen LogP contribution in [0.5, 0.6) is 0 Å². The van der Waals surface area contributed by atoms with Crippen LogP contribution in [-0.4, -0.2) is 14.8 Å². The lowest BCUT2D eigenvalue weighted by molar-refractivity contribution is 0.555. The number of benzene rings is 1. The minimum absolute atomic E-state index is 0.457. The zero-order valence-corrected chi connectivity index (χ0v) is 11.9. The molecule has 0 saturated carbocycles. The van der Waals surface area contributed by atoms with Gasteiger partial charge in [-0.3, -0.25) is 9.67 Å². The monoisotopic (exact) mass is 287 g/mol. The van der Waals surface area contributed by atoms with Gasteiger partial charge in [0.25, 0.3) is 0 Å². The van der Waals surface area contributed by atoms with Crippen LogP contribution in [0.15, 0.2) is 27.5 Å². The standard InChI is InChI=1S/C14H17N5O2/c1-3-10-8(7-19(2)18-10)6-16-11-5-12-13(4-9(11)15)21-14(20)17-12/h4-5,7,16H,3,6,15H2,1-2H3,(H,17,20). The van der Waals surface area contributed by atoms with Gasteiger partial charge in [-0.05, 0) is 12.5 Å². The Morgan fingerprint density at radius 3 is 3.05 bits per heavy atom. The van der Waals surface area contributed by atoms with Crippen molar-refractivity contribution in [3.05, 3.63) is 40.1 Å². The summed E-state index contributed by atoms with van der Waals surface area (Å²) < 4.78 is 6.78. The first-order valence-corrected chi connectivity index (χ1v) is 6.74. The number of H-pyrrole nitrogens is 1. The first-order valence-electron chi connectivity index (χ1n) is 6.74. The maximum Gasteiger partial charge on any atom is 0.417 e. The van der Waals surface area contributed by atoms with Gasteiger partial charge in [0.2, 0.25) is 0 Å². The molecular formula is C14H17N5O2. The zero-order valence-electron chi connectivity index (χ0n) is 11.9. The highest BCUT2D eigenvalue weighted by Crippen LogP contribution is 2.25. The van der Waals surface area contributed by atoms with E-state index in [-0.39, 0.29) is 0 Å². The number of aromatic nitrogens is 3. The van der Waals surface area contributed by atoms with Crippen LogP contribution in [0.1, 0.15) is 18.2 Å². The quantitative estimate of drug-likeness (QED) is 0.633. The first kappa shape index (κ1) is 13.3. The maximum absolute atomic E-state index is 11.2. The fourth-order valence-corrected chi connectivity index (χ4v) is 2.39. The van der Waals surface area contributed by atoms with Gasteiger partial charge in [0.05, 0.1) is 22.6 Å². The molecule has 0 bridgehead atoms. The molecule has 3 rings (SSSR count). The van der Waals surface area contributed by atoms with E-state index in [1.807, 2.05) is 13.2 Å². The number of anilines is 2. The topological polar surface area (TPSA) is 102 Å². The van der Waals surface area contributed by atoms with Gasteiger partial charge in [-0.1, -0.05) is 6.92 Å². The third-order valence-corrected chi connectivity index (χ3v) is 3.39. The SMILES string of the molecule is CCc1nn(C)cc1CNc1cc2[nH]c(=O)oc2cc1N. The molecule has 2 aromatic heterocycles. The van der Waals surface area contributed by atoms with Gasteiger partial charge < -0.3 is 15.5 Å². The molecule has 0 amide bonds. The fourth-order valence-electron chi connectivity index (χ4n) is 2.39. The number of hydrogen-bond donors (Lipinski definition) is 3. The predicted molar refractivity (Wildman–Crippen MR) is 81.2 cm³/mol. The summed E-state index contributed by atoms with van der Waals surface area (Å²) in [4.78, 5) is 13.8. The molecule has 0 atom stereocenters. The smallest absolute Gasteiger partial charge is 0.408 e. The van der Waals surface area contributed by atoms with Gasteiger partial charge >= 0.3 is 5.76 Å². The normalized spacial score (nSPS) is 11.1. The number of aryl methyl sites for hydroxylation is 2. The molecular weight excluding hydrogens is 270 g/mol. The van der Waals surface area contributed by atoms with Crippen LogP contribution in [0.3, 0.4) is 0 Å². The molecule has 0 aliphatic carbocycles. The second-order valence-electron chi connectivity index (χ2n) is 4.93. The Morgan fingerprint density at radius 2 is 2.29 bits per heavy atom. The Balaban J connectivity index is 1.87. The van der Waals surface area contributed by atoms with E-state index < -0.39 is 5.76 Å². The molecule has 0 radical (unpaired) electrons. The molecule has 1 aromatic carbocycles. The molecule has 110 valence electrons. The minimum Gasteiger partial charge on any atom is -0.408 e. The van der Waals surface area contributed by atoms with Gasteiger partial charge in [0.1, 0.15) is 0 Å². The average Bonchev–Trinajstić information content (AvgIpc) is 2.97. The van der Waals surface area contributed by atoms with Crippen molar-refractivity contribution in [2.24, 2.45) is 7.05 Å². The summed E-state index contributed by atoms with van der Waals surface area (Å²) in [5.74, 6) is -0.484. The van der Waals surface area contributed by atoms with Crippen LogP contribution in [0.2, 0.25) is 0 Å². The van der Waals surface area contributed by atoms with Gasteiger partial charge in [0, 0.05) is 31.4 Å². The number of nitrogens with one attached hydrogen (secondary N) is 2. The van der Waals surface area contributed by atoms with E-state index in [4.69, 9.17) is 10.2 Å². The number of nitrogens with zero attached hydrogens (tertiary/aromatic N) is 2.